The molecule has 0 amide bonds. The molecule has 0 radical (unpaired) electrons. The first-order chi connectivity index (χ1) is 6.93. The number of imidazole rings is 1. The molecule has 0 spiro atoms. The first-order valence-electron chi connectivity index (χ1n) is 4.35. The molecule has 0 bridgehead atoms. The number of rotatable bonds is 1. The Bertz CT molecular complexity index is 550. The summed E-state index contributed by atoms with van der Waals surface area (Å²) in [6.07, 6.45) is 9.11. The quantitative estimate of drug-likeness (QED) is 0.626. The summed E-state index contributed by atoms with van der Waals surface area (Å²) in [5.74, 6) is 0. The van der Waals surface area contributed by atoms with Crippen molar-refractivity contribution in [2.75, 3.05) is 0 Å². The van der Waals surface area contributed by atoms with Crippen molar-refractivity contribution in [2.45, 2.75) is 0 Å². The Labute approximate surface area is 80.2 Å². The van der Waals surface area contributed by atoms with Crippen molar-refractivity contribution in [2.24, 2.45) is 0 Å². The molecule has 3 rings (SSSR count). The second-order valence-corrected chi connectivity index (χ2v) is 3.08. The molecule has 0 saturated heterocycles. The summed E-state index contributed by atoms with van der Waals surface area (Å²) in [7, 11) is 0. The van der Waals surface area contributed by atoms with E-state index in [0.29, 0.717) is 0 Å². The maximum absolute atomic E-state index is 4.29. The Hall–Kier alpha value is -2.10. The van der Waals surface area contributed by atoms with Gasteiger partial charge in [-0.3, -0.25) is 0 Å². The van der Waals surface area contributed by atoms with Crippen LogP contribution in [0.5, 0.6) is 0 Å². The van der Waals surface area contributed by atoms with Crippen molar-refractivity contribution in [1.82, 2.24) is 19.5 Å². The minimum Gasteiger partial charge on any atom is -0.346 e. The van der Waals surface area contributed by atoms with Crippen LogP contribution >= 0.6 is 0 Å². The summed E-state index contributed by atoms with van der Waals surface area (Å²) in [4.78, 5) is 11.3. The molecular weight excluding hydrogens is 176 g/mol. The topological polar surface area (TPSA) is 46.5 Å². The van der Waals surface area contributed by atoms with Gasteiger partial charge in [-0.2, -0.15) is 0 Å². The Balaban J connectivity index is 2.23. The lowest BCUT2D eigenvalue weighted by Crippen LogP contribution is -1.90. The Morgan fingerprint density at radius 3 is 3.21 bits per heavy atom. The fourth-order valence-electron chi connectivity index (χ4n) is 1.48. The average molecular weight is 184 g/mol. The summed E-state index contributed by atoms with van der Waals surface area (Å²) in [6, 6.07) is 4.07. The summed E-state index contributed by atoms with van der Waals surface area (Å²) in [5, 5.41) is 1.11. The number of nitrogens with one attached hydrogen (secondary N) is 1. The number of nitrogens with zero attached hydrogens (tertiary/aromatic N) is 3. The molecule has 14 heavy (non-hydrogen) atoms. The van der Waals surface area contributed by atoms with Gasteiger partial charge in [0.2, 0.25) is 0 Å². The van der Waals surface area contributed by atoms with E-state index in [-0.39, 0.29) is 0 Å². The molecule has 0 fully saturated rings. The molecule has 0 aromatic carbocycles. The van der Waals surface area contributed by atoms with Gasteiger partial charge in [-0.15, -0.1) is 0 Å². The monoisotopic (exact) mass is 184 g/mol. The average Bonchev–Trinajstić information content (AvgIpc) is 2.88. The largest absolute Gasteiger partial charge is 0.346 e. The molecule has 0 atom stereocenters. The molecule has 1 N–H and O–H groups in total. The standard InChI is InChI=1S/C10H8N4/c1-2-12-10-8(1)5-9(6-13-10)14-4-3-11-7-14/h1-7H,(H,12,13). The van der Waals surface area contributed by atoms with Crippen molar-refractivity contribution in [1.29, 1.82) is 0 Å². The summed E-state index contributed by atoms with van der Waals surface area (Å²) < 4.78 is 1.93. The zero-order valence-electron chi connectivity index (χ0n) is 7.38. The summed E-state index contributed by atoms with van der Waals surface area (Å²) in [5.41, 5.74) is 1.93. The highest BCUT2D eigenvalue weighted by Crippen LogP contribution is 2.13. The van der Waals surface area contributed by atoms with Crippen LogP contribution in [0.1, 0.15) is 0 Å². The predicted molar refractivity (Wildman–Crippen MR) is 53.2 cm³/mol. The Morgan fingerprint density at radius 2 is 2.36 bits per heavy atom. The van der Waals surface area contributed by atoms with Crippen molar-refractivity contribution in [3.63, 3.8) is 0 Å². The number of pyridine rings is 1. The Morgan fingerprint density at radius 1 is 1.36 bits per heavy atom. The molecule has 0 aliphatic rings. The third-order valence-corrected chi connectivity index (χ3v) is 2.19. The second-order valence-electron chi connectivity index (χ2n) is 3.08. The lowest BCUT2D eigenvalue weighted by Gasteiger charge is -2.00. The van der Waals surface area contributed by atoms with Gasteiger partial charge >= 0.3 is 0 Å². The highest BCUT2D eigenvalue weighted by molar-refractivity contribution is 5.77. The lowest BCUT2D eigenvalue weighted by molar-refractivity contribution is 1.05. The van der Waals surface area contributed by atoms with E-state index < -0.39 is 0 Å². The summed E-state index contributed by atoms with van der Waals surface area (Å²) in [6.45, 7) is 0. The van der Waals surface area contributed by atoms with Crippen LogP contribution in [-0.2, 0) is 0 Å². The van der Waals surface area contributed by atoms with Crippen LogP contribution in [0, 0.1) is 0 Å². The number of hydrogen-bond acceptors (Lipinski definition) is 2. The SMILES string of the molecule is c1cn(-c2cnc3[nH]ccc3c2)cn1. The number of hydrogen-bond donors (Lipinski definition) is 1. The zero-order chi connectivity index (χ0) is 9.38. The maximum Gasteiger partial charge on any atom is 0.137 e. The van der Waals surface area contributed by atoms with E-state index in [9.17, 15) is 0 Å². The second kappa shape index (κ2) is 2.70. The van der Waals surface area contributed by atoms with Gasteiger partial charge in [0, 0.05) is 24.0 Å². The van der Waals surface area contributed by atoms with Crippen molar-refractivity contribution in [3.8, 4) is 5.69 Å². The van der Waals surface area contributed by atoms with Crippen LogP contribution in [0.15, 0.2) is 43.2 Å². The van der Waals surface area contributed by atoms with Gasteiger partial charge in [0.05, 0.1) is 18.2 Å². The number of fused-ring (bicyclic) bond motifs is 1. The smallest absolute Gasteiger partial charge is 0.137 e. The minimum atomic E-state index is 0.911. The molecule has 4 nitrogen and oxygen atoms in total. The van der Waals surface area contributed by atoms with Crippen LogP contribution in [-0.4, -0.2) is 19.5 Å². The van der Waals surface area contributed by atoms with E-state index >= 15 is 0 Å². The number of aromatic nitrogens is 4. The van der Waals surface area contributed by atoms with E-state index in [0.717, 1.165) is 16.7 Å². The molecule has 0 unspecified atom stereocenters. The highest BCUT2D eigenvalue weighted by Gasteiger charge is 1.99. The van der Waals surface area contributed by atoms with Crippen LogP contribution < -0.4 is 0 Å². The predicted octanol–water partition coefficient (Wildman–Crippen LogP) is 1.75. The van der Waals surface area contributed by atoms with E-state index in [2.05, 4.69) is 21.0 Å². The van der Waals surface area contributed by atoms with Gasteiger partial charge in [0.15, 0.2) is 0 Å². The first-order valence-corrected chi connectivity index (χ1v) is 4.35. The van der Waals surface area contributed by atoms with E-state index in [1.165, 1.54) is 0 Å². The van der Waals surface area contributed by atoms with Gasteiger partial charge in [-0.1, -0.05) is 0 Å². The molecule has 0 saturated carbocycles. The normalized spacial score (nSPS) is 10.9. The van der Waals surface area contributed by atoms with Crippen LogP contribution in [0.3, 0.4) is 0 Å². The number of aromatic amines is 1. The summed E-state index contributed by atoms with van der Waals surface area (Å²) >= 11 is 0. The van der Waals surface area contributed by atoms with Crippen molar-refractivity contribution < 1.29 is 0 Å². The molecule has 4 heteroatoms. The third-order valence-electron chi connectivity index (χ3n) is 2.19. The van der Waals surface area contributed by atoms with Gasteiger partial charge in [0.25, 0.3) is 0 Å². The first kappa shape index (κ1) is 7.32. The van der Waals surface area contributed by atoms with E-state index in [1.807, 2.05) is 29.2 Å². The van der Waals surface area contributed by atoms with Crippen LogP contribution in [0.25, 0.3) is 16.7 Å². The van der Waals surface area contributed by atoms with Crippen molar-refractivity contribution in [3.05, 3.63) is 43.2 Å². The maximum atomic E-state index is 4.29. The molecule has 3 aromatic heterocycles. The van der Waals surface area contributed by atoms with Gasteiger partial charge in [-0.25, -0.2) is 9.97 Å². The minimum absolute atomic E-state index is 0.911. The van der Waals surface area contributed by atoms with Crippen LogP contribution in [0.4, 0.5) is 0 Å². The van der Waals surface area contributed by atoms with Gasteiger partial charge < -0.3 is 9.55 Å². The Kier molecular flexibility index (Phi) is 1.41. The van der Waals surface area contributed by atoms with E-state index in [1.54, 1.807) is 12.5 Å². The zero-order valence-corrected chi connectivity index (χ0v) is 7.38. The van der Waals surface area contributed by atoms with Gasteiger partial charge in [-0.05, 0) is 12.1 Å². The highest BCUT2D eigenvalue weighted by atomic mass is 15.0. The third kappa shape index (κ3) is 1.01. The molecule has 0 aliphatic heterocycles. The van der Waals surface area contributed by atoms with E-state index in [4.69, 9.17) is 0 Å². The molecular formula is C10H8N4. The number of H-pyrrole nitrogens is 1. The van der Waals surface area contributed by atoms with Gasteiger partial charge in [0.1, 0.15) is 5.65 Å². The van der Waals surface area contributed by atoms with Crippen LogP contribution in [0.2, 0.25) is 0 Å². The molecule has 68 valence electrons. The fraction of sp³-hybridized carbons (Fsp3) is 0. The fourth-order valence-corrected chi connectivity index (χ4v) is 1.48. The molecule has 3 heterocycles. The molecule has 0 aliphatic carbocycles. The lowest BCUT2D eigenvalue weighted by atomic mass is 10.3. The van der Waals surface area contributed by atoms with Crippen molar-refractivity contribution >= 4 is 11.0 Å². The molecule has 3 aromatic rings.